The predicted octanol–water partition coefficient (Wildman–Crippen LogP) is 7.17. The van der Waals surface area contributed by atoms with E-state index in [4.69, 9.17) is 18.9 Å². The minimum absolute atomic E-state index is 0.0296. The number of alkyl halides is 3. The largest absolute Gasteiger partial charge is 0.468 e. The van der Waals surface area contributed by atoms with Crippen molar-refractivity contribution in [1.29, 1.82) is 0 Å². The van der Waals surface area contributed by atoms with Crippen LogP contribution in [0.4, 0.5) is 33.9 Å². The first-order chi connectivity index (χ1) is 23.1. The van der Waals surface area contributed by atoms with Gasteiger partial charge in [0.25, 0.3) is 0 Å². The van der Waals surface area contributed by atoms with Gasteiger partial charge in [0.2, 0.25) is 0 Å². The average Bonchev–Trinajstić information content (AvgIpc) is 3.30. The first kappa shape index (κ1) is 34.3. The lowest BCUT2D eigenvalue weighted by atomic mass is 9.94. The Hall–Kier alpha value is -4.59. The van der Waals surface area contributed by atoms with Crippen molar-refractivity contribution in [2.75, 3.05) is 57.5 Å². The van der Waals surface area contributed by atoms with E-state index in [0.717, 1.165) is 10.8 Å². The fourth-order valence-electron chi connectivity index (χ4n) is 6.63. The van der Waals surface area contributed by atoms with Crippen LogP contribution in [0.5, 0.6) is 11.8 Å². The lowest BCUT2D eigenvalue weighted by Gasteiger charge is -2.42. The minimum Gasteiger partial charge on any atom is -0.468 e. The van der Waals surface area contributed by atoms with Gasteiger partial charge in [0, 0.05) is 50.9 Å². The van der Waals surface area contributed by atoms with Crippen LogP contribution in [0.1, 0.15) is 33.6 Å². The Morgan fingerprint density at radius 1 is 0.980 bits per heavy atom. The number of piperazine rings is 1. The summed E-state index contributed by atoms with van der Waals surface area (Å²) in [5.41, 5.74) is 0.284. The van der Waals surface area contributed by atoms with E-state index >= 15 is 4.39 Å². The third kappa shape index (κ3) is 7.10. The second kappa shape index (κ2) is 13.0. The molecule has 2 fully saturated rings. The maximum atomic E-state index is 17.2. The number of halogens is 4. The van der Waals surface area contributed by atoms with Crippen LogP contribution in [0.2, 0.25) is 0 Å². The third-order valence-corrected chi connectivity index (χ3v) is 8.55. The Bertz CT molecular complexity index is 1870. The Kier molecular flexibility index (Phi) is 9.12. The van der Waals surface area contributed by atoms with Crippen molar-refractivity contribution in [3.63, 3.8) is 0 Å². The minimum atomic E-state index is -4.67. The number of rotatable bonds is 8. The van der Waals surface area contributed by atoms with Crippen molar-refractivity contribution in [3.05, 3.63) is 48.3 Å². The van der Waals surface area contributed by atoms with Crippen LogP contribution in [0.15, 0.2) is 42.5 Å². The molecule has 1 aromatic heterocycles. The highest BCUT2D eigenvalue weighted by molar-refractivity contribution is 6.05. The van der Waals surface area contributed by atoms with Gasteiger partial charge in [-0.15, -0.1) is 0 Å². The molecule has 0 radical (unpaired) electrons. The van der Waals surface area contributed by atoms with Gasteiger partial charge in [0.05, 0.1) is 12.1 Å². The Labute approximate surface area is 281 Å². The molecule has 3 aromatic carbocycles. The summed E-state index contributed by atoms with van der Waals surface area (Å²) < 4.78 is 78.7. The molecule has 49 heavy (non-hydrogen) atoms. The van der Waals surface area contributed by atoms with Crippen LogP contribution < -0.4 is 19.3 Å². The SMILES string of the molecule is COCOc1cc(-c2c(N(C)C)cc3c(N4C[C@H]5CC[C@@H](C4)N5C(=O)OC(C)(C)C)nc(OCC(F)(F)F)nc3c2F)c2ccccc2c1. The molecule has 6 rings (SSSR count). The number of anilines is 2. The molecule has 0 saturated carbocycles. The topological polar surface area (TPSA) is 89.5 Å². The zero-order valence-corrected chi connectivity index (χ0v) is 28.2. The number of aromatic nitrogens is 2. The van der Waals surface area contributed by atoms with Crippen molar-refractivity contribution < 1.29 is 41.3 Å². The predicted molar refractivity (Wildman–Crippen MR) is 178 cm³/mol. The normalized spacial score (nSPS) is 17.9. The van der Waals surface area contributed by atoms with Crippen LogP contribution in [-0.2, 0) is 9.47 Å². The first-order valence-corrected chi connectivity index (χ1v) is 16.0. The van der Waals surface area contributed by atoms with Crippen LogP contribution in [0, 0.1) is 5.82 Å². The molecular formula is C35H39F4N5O5. The Balaban J connectivity index is 1.52. The van der Waals surface area contributed by atoms with Crippen molar-refractivity contribution in [2.24, 2.45) is 0 Å². The monoisotopic (exact) mass is 685 g/mol. The molecule has 10 nitrogen and oxygen atoms in total. The van der Waals surface area contributed by atoms with E-state index < -0.39 is 36.3 Å². The van der Waals surface area contributed by atoms with Gasteiger partial charge in [-0.05, 0) is 68.1 Å². The number of benzene rings is 3. The molecule has 4 aromatic rings. The van der Waals surface area contributed by atoms with Crippen molar-refractivity contribution >= 4 is 39.3 Å². The molecule has 2 saturated heterocycles. The van der Waals surface area contributed by atoms with Crippen molar-refractivity contribution in [1.82, 2.24) is 14.9 Å². The van der Waals surface area contributed by atoms with Gasteiger partial charge >= 0.3 is 18.3 Å². The number of hydrogen-bond donors (Lipinski definition) is 0. The van der Waals surface area contributed by atoms with Crippen LogP contribution in [0.25, 0.3) is 32.8 Å². The summed E-state index contributed by atoms with van der Waals surface area (Å²) >= 11 is 0. The molecule has 262 valence electrons. The van der Waals surface area contributed by atoms with Gasteiger partial charge in [-0.1, -0.05) is 24.3 Å². The molecule has 0 spiro atoms. The second-order valence-electron chi connectivity index (χ2n) is 13.5. The summed E-state index contributed by atoms with van der Waals surface area (Å²) in [6.45, 7) is 4.34. The highest BCUT2D eigenvalue weighted by Gasteiger charge is 2.45. The summed E-state index contributed by atoms with van der Waals surface area (Å²) in [5, 5.41) is 1.81. The lowest BCUT2D eigenvalue weighted by molar-refractivity contribution is -0.154. The number of methoxy groups -OCH3 is 1. The number of carbonyl (C=O) groups is 1. The molecular weight excluding hydrogens is 646 g/mol. The van der Waals surface area contributed by atoms with Gasteiger partial charge in [-0.3, -0.25) is 4.90 Å². The zero-order valence-electron chi connectivity index (χ0n) is 28.2. The molecule has 2 atom stereocenters. The Morgan fingerprint density at radius 3 is 2.31 bits per heavy atom. The molecule has 3 heterocycles. The zero-order chi connectivity index (χ0) is 35.2. The smallest absolute Gasteiger partial charge is 0.422 e. The second-order valence-corrected chi connectivity index (χ2v) is 13.5. The first-order valence-electron chi connectivity index (χ1n) is 16.0. The number of nitrogens with zero attached hydrogens (tertiary/aromatic N) is 5. The molecule has 0 aliphatic carbocycles. The summed E-state index contributed by atoms with van der Waals surface area (Å²) in [4.78, 5) is 27.2. The van der Waals surface area contributed by atoms with E-state index in [0.29, 0.717) is 48.3 Å². The summed E-state index contributed by atoms with van der Waals surface area (Å²) in [7, 11) is 5.05. The van der Waals surface area contributed by atoms with Crippen LogP contribution >= 0.6 is 0 Å². The van der Waals surface area contributed by atoms with E-state index in [1.165, 1.54) is 7.11 Å². The molecule has 14 heteroatoms. The molecule has 2 aliphatic heterocycles. The fourth-order valence-corrected chi connectivity index (χ4v) is 6.63. The van der Waals surface area contributed by atoms with E-state index in [1.54, 1.807) is 56.8 Å². The molecule has 0 unspecified atom stereocenters. The molecule has 2 bridgehead atoms. The van der Waals surface area contributed by atoms with Gasteiger partial charge in [-0.2, -0.15) is 23.1 Å². The fraction of sp³-hybridized carbons (Fsp3) is 0.457. The average molecular weight is 686 g/mol. The summed E-state index contributed by atoms with van der Waals surface area (Å²) in [5.74, 6) is -0.0970. The number of amides is 1. The number of carbonyl (C=O) groups excluding carboxylic acids is 1. The van der Waals surface area contributed by atoms with E-state index in [1.807, 2.05) is 35.2 Å². The molecule has 1 amide bonds. The highest BCUT2D eigenvalue weighted by atomic mass is 19.4. The summed E-state index contributed by atoms with van der Waals surface area (Å²) in [6.07, 6.45) is -3.68. The van der Waals surface area contributed by atoms with Crippen LogP contribution in [0.3, 0.4) is 0 Å². The standard InChI is InChI=1S/C35H39F4N5O5/c1-34(2,3)49-33(45)44-21-11-12-22(44)17-43(16-21)31-26-15-27(42(4)5)28(29(36)30(26)40-32(41-31)47-18-35(37,38)39)25-14-23(48-19-46-6)13-20-9-7-8-10-24(20)25/h7-10,13-15,21-22H,11-12,16-19H2,1-6H3/t21-,22+. The number of hydrogen-bond acceptors (Lipinski definition) is 9. The highest BCUT2D eigenvalue weighted by Crippen LogP contribution is 2.45. The van der Waals surface area contributed by atoms with Crippen molar-refractivity contribution in [2.45, 2.75) is 57.5 Å². The number of fused-ring (bicyclic) bond motifs is 4. The van der Waals surface area contributed by atoms with E-state index in [-0.39, 0.29) is 35.8 Å². The quantitative estimate of drug-likeness (QED) is 0.142. The van der Waals surface area contributed by atoms with E-state index in [9.17, 15) is 18.0 Å². The Morgan fingerprint density at radius 2 is 1.67 bits per heavy atom. The third-order valence-electron chi connectivity index (χ3n) is 8.55. The van der Waals surface area contributed by atoms with E-state index in [2.05, 4.69) is 9.97 Å². The van der Waals surface area contributed by atoms with Gasteiger partial charge < -0.3 is 28.7 Å². The van der Waals surface area contributed by atoms with Gasteiger partial charge in [-0.25, -0.2) is 9.18 Å². The molecule has 2 aliphatic rings. The number of ether oxygens (including phenoxy) is 4. The van der Waals surface area contributed by atoms with Gasteiger partial charge in [0.15, 0.2) is 19.2 Å². The van der Waals surface area contributed by atoms with Crippen LogP contribution in [-0.4, -0.2) is 92.5 Å². The maximum Gasteiger partial charge on any atom is 0.422 e. The molecule has 0 N–H and O–H groups in total. The summed E-state index contributed by atoms with van der Waals surface area (Å²) in [6, 6.07) is 11.6. The maximum absolute atomic E-state index is 17.2. The lowest BCUT2D eigenvalue weighted by Crippen LogP contribution is -2.57. The van der Waals surface area contributed by atoms with Gasteiger partial charge in [0.1, 0.15) is 22.7 Å². The van der Waals surface area contributed by atoms with Crippen molar-refractivity contribution in [3.8, 4) is 22.9 Å².